The number of morpholine rings is 1. The first-order valence-electron chi connectivity index (χ1n) is 9.43. The fraction of sp³-hybridized carbons (Fsp3) is 0.526. The fourth-order valence-electron chi connectivity index (χ4n) is 3.14. The minimum absolute atomic E-state index is 0.207. The molecule has 3 heterocycles. The van der Waals surface area contributed by atoms with E-state index in [0.29, 0.717) is 42.7 Å². The Bertz CT molecular complexity index is 844. The minimum Gasteiger partial charge on any atom is -0.474 e. The molecule has 4 rings (SSSR count). The van der Waals surface area contributed by atoms with Crippen LogP contribution < -0.4 is 9.64 Å². The lowest BCUT2D eigenvalue weighted by atomic mass is 10.2. The normalized spacial score (nSPS) is 20.0. The van der Waals surface area contributed by atoms with E-state index in [9.17, 15) is 18.3 Å². The van der Waals surface area contributed by atoms with Crippen molar-refractivity contribution in [2.45, 2.75) is 37.6 Å². The van der Waals surface area contributed by atoms with Gasteiger partial charge in [0, 0.05) is 25.2 Å². The molecular formula is C19H21F3N4O3. The predicted octanol–water partition coefficient (Wildman–Crippen LogP) is 2.54. The van der Waals surface area contributed by atoms with Crippen molar-refractivity contribution >= 4 is 5.69 Å². The zero-order valence-electron chi connectivity index (χ0n) is 15.6. The van der Waals surface area contributed by atoms with Crippen LogP contribution in [0.2, 0.25) is 0 Å². The Morgan fingerprint density at radius 2 is 2.03 bits per heavy atom. The van der Waals surface area contributed by atoms with Crippen LogP contribution in [-0.2, 0) is 17.5 Å². The first-order chi connectivity index (χ1) is 13.9. The van der Waals surface area contributed by atoms with Gasteiger partial charge in [0.1, 0.15) is 24.2 Å². The molecule has 1 aliphatic carbocycles. The lowest BCUT2D eigenvalue weighted by Gasteiger charge is -2.34. The second-order valence-electron chi connectivity index (χ2n) is 7.14. The van der Waals surface area contributed by atoms with Crippen LogP contribution in [0.5, 0.6) is 5.88 Å². The molecule has 2 aliphatic rings. The third kappa shape index (κ3) is 4.76. The van der Waals surface area contributed by atoms with Crippen molar-refractivity contribution in [2.75, 3.05) is 31.2 Å². The van der Waals surface area contributed by atoms with Gasteiger partial charge in [-0.15, -0.1) is 0 Å². The van der Waals surface area contributed by atoms with Crippen LogP contribution >= 0.6 is 0 Å². The quantitative estimate of drug-likeness (QED) is 0.784. The number of halogens is 3. The molecule has 1 saturated carbocycles. The maximum absolute atomic E-state index is 12.7. The van der Waals surface area contributed by atoms with Gasteiger partial charge >= 0.3 is 6.18 Å². The second-order valence-corrected chi connectivity index (χ2v) is 7.14. The van der Waals surface area contributed by atoms with Crippen molar-refractivity contribution in [3.63, 3.8) is 0 Å². The molecule has 10 heteroatoms. The molecule has 2 fully saturated rings. The average molecular weight is 410 g/mol. The highest BCUT2D eigenvalue weighted by molar-refractivity contribution is 5.45. The van der Waals surface area contributed by atoms with Crippen LogP contribution in [0, 0.1) is 0 Å². The molecule has 0 bridgehead atoms. The highest BCUT2D eigenvalue weighted by atomic mass is 19.4. The van der Waals surface area contributed by atoms with Crippen LogP contribution in [0.15, 0.2) is 24.5 Å². The van der Waals surface area contributed by atoms with Crippen LogP contribution in [0.1, 0.15) is 35.8 Å². The summed E-state index contributed by atoms with van der Waals surface area (Å²) in [6.45, 7) is 1.39. The molecule has 1 saturated heterocycles. The third-order valence-corrected chi connectivity index (χ3v) is 4.90. The summed E-state index contributed by atoms with van der Waals surface area (Å²) in [5, 5.41) is 9.48. The van der Waals surface area contributed by atoms with Gasteiger partial charge in [-0.25, -0.2) is 9.97 Å². The monoisotopic (exact) mass is 410 g/mol. The smallest absolute Gasteiger partial charge is 0.433 e. The number of aromatic nitrogens is 3. The number of ether oxygens (including phenoxy) is 2. The lowest BCUT2D eigenvalue weighted by Crippen LogP contribution is -2.45. The fourth-order valence-corrected chi connectivity index (χ4v) is 3.14. The Balaban J connectivity index is 1.38. The van der Waals surface area contributed by atoms with Gasteiger partial charge in [-0.2, -0.15) is 18.2 Å². The standard InChI is InChI=1S/C19H21F3N4O3/c20-19(21,22)16-4-3-14(8-23-16)26-5-6-28-15(9-26)11-29-18-13(10-27)7-24-17(25-18)12-1-2-12/h3-4,7-8,12,15,27H,1-2,5-6,9-11H2/t15-/m1/s1. The van der Waals surface area contributed by atoms with Crippen LogP contribution in [-0.4, -0.2) is 52.5 Å². The number of aliphatic hydroxyl groups excluding tert-OH is 1. The zero-order chi connectivity index (χ0) is 20.4. The molecule has 2 aromatic heterocycles. The highest BCUT2D eigenvalue weighted by Gasteiger charge is 2.32. The number of rotatable bonds is 6. The van der Waals surface area contributed by atoms with Crippen molar-refractivity contribution in [1.82, 2.24) is 15.0 Å². The molecule has 0 amide bonds. The Morgan fingerprint density at radius 1 is 1.21 bits per heavy atom. The summed E-state index contributed by atoms with van der Waals surface area (Å²) in [6, 6.07) is 2.39. The van der Waals surface area contributed by atoms with E-state index in [1.807, 2.05) is 4.90 Å². The van der Waals surface area contributed by atoms with E-state index in [1.54, 1.807) is 6.20 Å². The Hall–Kier alpha value is -2.46. The Kier molecular flexibility index (Phi) is 5.55. The maximum Gasteiger partial charge on any atom is 0.433 e. The molecule has 1 aliphatic heterocycles. The van der Waals surface area contributed by atoms with E-state index in [0.717, 1.165) is 24.7 Å². The van der Waals surface area contributed by atoms with E-state index < -0.39 is 11.9 Å². The summed E-state index contributed by atoms with van der Waals surface area (Å²) in [5.74, 6) is 1.43. The summed E-state index contributed by atoms with van der Waals surface area (Å²) in [5.41, 5.74) is 0.190. The molecule has 156 valence electrons. The number of hydrogen-bond donors (Lipinski definition) is 1. The van der Waals surface area contributed by atoms with Gasteiger partial charge in [0.15, 0.2) is 0 Å². The topological polar surface area (TPSA) is 80.6 Å². The molecule has 2 aromatic rings. The van der Waals surface area contributed by atoms with Crippen LogP contribution in [0.25, 0.3) is 0 Å². The van der Waals surface area contributed by atoms with E-state index in [4.69, 9.17) is 9.47 Å². The molecule has 0 spiro atoms. The molecule has 0 radical (unpaired) electrons. The van der Waals surface area contributed by atoms with E-state index >= 15 is 0 Å². The Labute approximate surface area is 165 Å². The van der Waals surface area contributed by atoms with Crippen molar-refractivity contribution in [1.29, 1.82) is 0 Å². The number of aliphatic hydroxyl groups is 1. The van der Waals surface area contributed by atoms with Crippen molar-refractivity contribution in [3.8, 4) is 5.88 Å². The SMILES string of the molecule is OCc1cnc(C2CC2)nc1OC[C@H]1CN(c2ccc(C(F)(F)F)nc2)CCO1. The number of nitrogens with zero attached hydrogens (tertiary/aromatic N) is 4. The van der Waals surface area contributed by atoms with Gasteiger partial charge in [-0.3, -0.25) is 0 Å². The first-order valence-corrected chi connectivity index (χ1v) is 9.43. The molecule has 0 unspecified atom stereocenters. The molecule has 7 nitrogen and oxygen atoms in total. The van der Waals surface area contributed by atoms with Gasteiger partial charge < -0.3 is 19.5 Å². The van der Waals surface area contributed by atoms with Crippen molar-refractivity contribution in [3.05, 3.63) is 41.6 Å². The summed E-state index contributed by atoms with van der Waals surface area (Å²) < 4.78 is 49.6. The van der Waals surface area contributed by atoms with E-state index in [-0.39, 0.29) is 19.3 Å². The minimum atomic E-state index is -4.46. The molecule has 1 N–H and O–H groups in total. The summed E-state index contributed by atoms with van der Waals surface area (Å²) in [6.07, 6.45) is 0.165. The highest BCUT2D eigenvalue weighted by Crippen LogP contribution is 2.38. The van der Waals surface area contributed by atoms with Gasteiger partial charge in [0.2, 0.25) is 5.88 Å². The molecule has 29 heavy (non-hydrogen) atoms. The average Bonchev–Trinajstić information content (AvgIpc) is 3.57. The summed E-state index contributed by atoms with van der Waals surface area (Å²) >= 11 is 0. The van der Waals surface area contributed by atoms with Crippen LogP contribution in [0.3, 0.4) is 0 Å². The third-order valence-electron chi connectivity index (χ3n) is 4.90. The van der Waals surface area contributed by atoms with Crippen LogP contribution in [0.4, 0.5) is 18.9 Å². The van der Waals surface area contributed by atoms with Gasteiger partial charge in [-0.1, -0.05) is 0 Å². The molecular weight excluding hydrogens is 389 g/mol. The largest absolute Gasteiger partial charge is 0.474 e. The molecule has 1 atom stereocenters. The van der Waals surface area contributed by atoms with Crippen molar-refractivity contribution < 1.29 is 27.8 Å². The van der Waals surface area contributed by atoms with Gasteiger partial charge in [0.25, 0.3) is 0 Å². The number of anilines is 1. The lowest BCUT2D eigenvalue weighted by molar-refractivity contribution is -0.141. The Morgan fingerprint density at radius 3 is 2.69 bits per heavy atom. The number of alkyl halides is 3. The van der Waals surface area contributed by atoms with E-state index in [1.165, 1.54) is 12.3 Å². The number of hydrogen-bond acceptors (Lipinski definition) is 7. The van der Waals surface area contributed by atoms with E-state index in [2.05, 4.69) is 15.0 Å². The van der Waals surface area contributed by atoms with Crippen molar-refractivity contribution in [2.24, 2.45) is 0 Å². The maximum atomic E-state index is 12.7. The summed E-state index contributed by atoms with van der Waals surface area (Å²) in [7, 11) is 0. The first kappa shape index (κ1) is 19.8. The number of pyridine rings is 1. The summed E-state index contributed by atoms with van der Waals surface area (Å²) in [4.78, 5) is 14.1. The van der Waals surface area contributed by atoms with Gasteiger partial charge in [-0.05, 0) is 25.0 Å². The zero-order valence-corrected chi connectivity index (χ0v) is 15.6. The second kappa shape index (κ2) is 8.11. The van der Waals surface area contributed by atoms with Gasteiger partial charge in [0.05, 0.1) is 30.7 Å². The predicted molar refractivity (Wildman–Crippen MR) is 96.6 cm³/mol. The molecule has 0 aromatic carbocycles.